The van der Waals surface area contributed by atoms with Crippen molar-refractivity contribution in [2.45, 2.75) is 19.6 Å². The molecule has 1 aliphatic heterocycles. The number of ether oxygens (including phenoxy) is 2. The fraction of sp³-hybridized carbons (Fsp3) is 0.214. The summed E-state index contributed by atoms with van der Waals surface area (Å²) < 4.78 is 11.3. The summed E-state index contributed by atoms with van der Waals surface area (Å²) in [5, 5.41) is 6.98. The number of carbonyl (C=O) groups excluding carboxylic acids is 1. The van der Waals surface area contributed by atoms with E-state index in [0.29, 0.717) is 29.7 Å². The average Bonchev–Trinajstić information content (AvgIpc) is 3.17. The van der Waals surface area contributed by atoms with Gasteiger partial charge in [0.05, 0.1) is 19.4 Å². The lowest BCUT2D eigenvalue weighted by molar-refractivity contribution is -0.128. The molecular formula is C28H28ClN3O3. The summed E-state index contributed by atoms with van der Waals surface area (Å²) in [6.45, 7) is 6.80. The molecular weight excluding hydrogens is 462 g/mol. The van der Waals surface area contributed by atoms with E-state index in [1.165, 1.54) is 0 Å². The second-order valence-electron chi connectivity index (χ2n) is 8.20. The highest BCUT2D eigenvalue weighted by molar-refractivity contribution is 6.30. The van der Waals surface area contributed by atoms with Crippen LogP contribution in [0.25, 0.3) is 0 Å². The Hall–Kier alpha value is -3.61. The van der Waals surface area contributed by atoms with Gasteiger partial charge < -0.3 is 9.47 Å². The third-order valence-corrected chi connectivity index (χ3v) is 6.01. The maximum Gasteiger partial charge on any atom is 0.258 e. The Balaban J connectivity index is 1.73. The van der Waals surface area contributed by atoms with Gasteiger partial charge in [0.2, 0.25) is 0 Å². The van der Waals surface area contributed by atoms with E-state index in [1.807, 2.05) is 67.6 Å². The molecule has 0 saturated carbocycles. The van der Waals surface area contributed by atoms with Gasteiger partial charge in [-0.25, -0.2) is 5.01 Å². The van der Waals surface area contributed by atoms with Gasteiger partial charge in [-0.3, -0.25) is 9.69 Å². The molecule has 1 amide bonds. The molecule has 0 aliphatic carbocycles. The number of amides is 1. The molecule has 0 bridgehead atoms. The number of nitrogens with zero attached hydrogens (tertiary/aromatic N) is 3. The van der Waals surface area contributed by atoms with Crippen LogP contribution in [0.2, 0.25) is 5.02 Å². The molecule has 0 N–H and O–H groups in total. The number of rotatable bonds is 9. The summed E-state index contributed by atoms with van der Waals surface area (Å²) in [6.07, 6.45) is 1.27. The molecule has 1 fully saturated rings. The zero-order valence-corrected chi connectivity index (χ0v) is 20.6. The van der Waals surface area contributed by atoms with Crippen LogP contribution in [0, 0.1) is 0 Å². The smallest absolute Gasteiger partial charge is 0.258 e. The van der Waals surface area contributed by atoms with E-state index < -0.39 is 6.17 Å². The van der Waals surface area contributed by atoms with Crippen molar-refractivity contribution in [2.75, 3.05) is 20.3 Å². The molecule has 0 unspecified atom stereocenters. The minimum Gasteiger partial charge on any atom is -0.493 e. The molecule has 4 rings (SSSR count). The Morgan fingerprint density at radius 2 is 1.86 bits per heavy atom. The number of carbonyl (C=O) groups is 1. The monoisotopic (exact) mass is 489 g/mol. The molecule has 6 nitrogen and oxygen atoms in total. The van der Waals surface area contributed by atoms with Crippen LogP contribution in [0.4, 0.5) is 0 Å². The van der Waals surface area contributed by atoms with Crippen molar-refractivity contribution in [1.82, 2.24) is 9.91 Å². The fourth-order valence-electron chi connectivity index (χ4n) is 4.07. The van der Waals surface area contributed by atoms with Crippen molar-refractivity contribution in [3.63, 3.8) is 0 Å². The van der Waals surface area contributed by atoms with Gasteiger partial charge in [0, 0.05) is 11.6 Å². The maximum absolute atomic E-state index is 13.2. The van der Waals surface area contributed by atoms with E-state index in [4.69, 9.17) is 26.2 Å². The number of benzene rings is 3. The van der Waals surface area contributed by atoms with Gasteiger partial charge in [-0.15, -0.1) is 0 Å². The summed E-state index contributed by atoms with van der Waals surface area (Å²) >= 11 is 6.04. The van der Waals surface area contributed by atoms with Crippen molar-refractivity contribution >= 4 is 23.2 Å². The van der Waals surface area contributed by atoms with E-state index in [0.717, 1.165) is 22.4 Å². The molecule has 1 saturated heterocycles. The van der Waals surface area contributed by atoms with Gasteiger partial charge in [0.15, 0.2) is 11.5 Å². The van der Waals surface area contributed by atoms with Crippen molar-refractivity contribution in [1.29, 1.82) is 0 Å². The summed E-state index contributed by atoms with van der Waals surface area (Å²) in [5.74, 6) is 1.12. The average molecular weight is 490 g/mol. The lowest BCUT2D eigenvalue weighted by Crippen LogP contribution is -2.29. The Labute approximate surface area is 211 Å². The van der Waals surface area contributed by atoms with E-state index >= 15 is 0 Å². The Bertz CT molecular complexity index is 1210. The second-order valence-corrected chi connectivity index (χ2v) is 8.64. The SMILES string of the molecule is C=CCOc1ccc([C@H]2N(Cc3ccccc3)CC(=O)N2/N=C(/C)c2ccc(Cl)cc2)cc1OC. The third-order valence-electron chi connectivity index (χ3n) is 5.76. The van der Waals surface area contributed by atoms with Crippen LogP contribution in [0.1, 0.15) is 29.8 Å². The number of halogens is 1. The molecule has 0 radical (unpaired) electrons. The van der Waals surface area contributed by atoms with Crippen molar-refractivity contribution in [2.24, 2.45) is 5.10 Å². The topological polar surface area (TPSA) is 54.4 Å². The first-order valence-electron chi connectivity index (χ1n) is 11.3. The Morgan fingerprint density at radius 1 is 1.11 bits per heavy atom. The lowest BCUT2D eigenvalue weighted by atomic mass is 10.1. The summed E-state index contributed by atoms with van der Waals surface area (Å²) in [5.41, 5.74) is 3.61. The highest BCUT2D eigenvalue weighted by Crippen LogP contribution is 2.37. The van der Waals surface area contributed by atoms with E-state index in [9.17, 15) is 4.79 Å². The van der Waals surface area contributed by atoms with Gasteiger partial charge >= 0.3 is 0 Å². The summed E-state index contributed by atoms with van der Waals surface area (Å²) in [6, 6.07) is 23.2. The summed E-state index contributed by atoms with van der Waals surface area (Å²) in [4.78, 5) is 15.3. The molecule has 180 valence electrons. The second kappa shape index (κ2) is 11.2. The largest absolute Gasteiger partial charge is 0.493 e. The van der Waals surface area contributed by atoms with Crippen LogP contribution in [-0.4, -0.2) is 41.8 Å². The van der Waals surface area contributed by atoms with Crippen LogP contribution in [0.3, 0.4) is 0 Å². The van der Waals surface area contributed by atoms with Crippen molar-refractivity contribution in [3.8, 4) is 11.5 Å². The normalized spacial score (nSPS) is 16.4. The van der Waals surface area contributed by atoms with E-state index in [-0.39, 0.29) is 12.5 Å². The molecule has 1 aliphatic rings. The van der Waals surface area contributed by atoms with Crippen LogP contribution in [0.5, 0.6) is 11.5 Å². The molecule has 1 heterocycles. The summed E-state index contributed by atoms with van der Waals surface area (Å²) in [7, 11) is 1.60. The highest BCUT2D eigenvalue weighted by Gasteiger charge is 2.39. The Morgan fingerprint density at radius 3 is 2.54 bits per heavy atom. The molecule has 3 aromatic rings. The van der Waals surface area contributed by atoms with Gasteiger partial charge in [0.1, 0.15) is 12.8 Å². The van der Waals surface area contributed by atoms with E-state index in [2.05, 4.69) is 23.6 Å². The molecule has 0 aromatic heterocycles. The first-order valence-corrected chi connectivity index (χ1v) is 11.7. The fourth-order valence-corrected chi connectivity index (χ4v) is 4.20. The van der Waals surface area contributed by atoms with Crippen LogP contribution >= 0.6 is 11.6 Å². The van der Waals surface area contributed by atoms with Gasteiger partial charge in [-0.05, 0) is 47.9 Å². The van der Waals surface area contributed by atoms with Crippen LogP contribution in [-0.2, 0) is 11.3 Å². The number of hydrogen-bond acceptors (Lipinski definition) is 5. The predicted octanol–water partition coefficient (Wildman–Crippen LogP) is 5.68. The van der Waals surface area contributed by atoms with Crippen molar-refractivity contribution < 1.29 is 14.3 Å². The first-order chi connectivity index (χ1) is 17.0. The molecule has 3 aromatic carbocycles. The standard InChI is InChI=1S/C28H28ClN3O3/c1-4-16-35-25-15-12-23(17-26(25)34-3)28-31(18-21-8-6-5-7-9-21)19-27(33)32(28)30-20(2)22-10-13-24(29)14-11-22/h4-15,17,28H,1,16,18-19H2,2-3H3/b30-20-/t28-/m0/s1. The number of hydrazone groups is 1. The van der Waals surface area contributed by atoms with Gasteiger partial charge in [-0.2, -0.15) is 5.10 Å². The van der Waals surface area contributed by atoms with Gasteiger partial charge in [-0.1, -0.05) is 72.8 Å². The zero-order valence-electron chi connectivity index (χ0n) is 19.9. The lowest BCUT2D eigenvalue weighted by Gasteiger charge is -2.28. The van der Waals surface area contributed by atoms with Crippen molar-refractivity contribution in [3.05, 3.63) is 107 Å². The zero-order chi connectivity index (χ0) is 24.8. The molecule has 35 heavy (non-hydrogen) atoms. The predicted molar refractivity (Wildman–Crippen MR) is 139 cm³/mol. The Kier molecular flexibility index (Phi) is 7.85. The van der Waals surface area contributed by atoms with Crippen LogP contribution < -0.4 is 9.47 Å². The van der Waals surface area contributed by atoms with Crippen LogP contribution in [0.15, 0.2) is 90.6 Å². The first kappa shape index (κ1) is 24.5. The highest BCUT2D eigenvalue weighted by atomic mass is 35.5. The van der Waals surface area contributed by atoms with Gasteiger partial charge in [0.25, 0.3) is 5.91 Å². The van der Waals surface area contributed by atoms with E-state index in [1.54, 1.807) is 18.2 Å². The molecule has 7 heteroatoms. The number of methoxy groups -OCH3 is 1. The quantitative estimate of drug-likeness (QED) is 0.286. The molecule has 1 atom stereocenters. The number of hydrogen-bond donors (Lipinski definition) is 0. The maximum atomic E-state index is 13.2. The minimum atomic E-state index is -0.410. The minimum absolute atomic E-state index is 0.0785. The molecule has 0 spiro atoms. The third kappa shape index (κ3) is 5.73.